The third-order valence-electron chi connectivity index (χ3n) is 5.29. The van der Waals surface area contributed by atoms with Crippen LogP contribution in [0.15, 0.2) is 66.7 Å². The summed E-state index contributed by atoms with van der Waals surface area (Å²) in [5.41, 5.74) is 6.57. The van der Waals surface area contributed by atoms with Gasteiger partial charge in [0.1, 0.15) is 11.5 Å². The van der Waals surface area contributed by atoms with Crippen molar-refractivity contribution >= 4 is 17.3 Å². The summed E-state index contributed by atoms with van der Waals surface area (Å²) >= 11 is 6.23. The molecule has 0 aliphatic carbocycles. The van der Waals surface area contributed by atoms with Gasteiger partial charge in [-0.05, 0) is 66.2 Å². The Morgan fingerprint density at radius 1 is 1.00 bits per heavy atom. The quantitative estimate of drug-likeness (QED) is 0.589. The fraction of sp³-hybridized carbons (Fsp3) is 0.130. The van der Waals surface area contributed by atoms with Gasteiger partial charge in [-0.15, -0.1) is 0 Å². The molecule has 7 heteroatoms. The number of benzene rings is 3. The molecule has 1 N–H and O–H groups in total. The van der Waals surface area contributed by atoms with Crippen molar-refractivity contribution in [2.75, 3.05) is 7.11 Å². The van der Waals surface area contributed by atoms with Crippen LogP contribution in [0, 0.1) is 11.6 Å². The van der Waals surface area contributed by atoms with Crippen molar-refractivity contribution in [2.24, 2.45) is 0 Å². The third-order valence-corrected chi connectivity index (χ3v) is 5.52. The molecule has 0 amide bonds. The molecular weight excluding hydrogens is 410 g/mol. The molecule has 152 valence electrons. The van der Waals surface area contributed by atoms with Crippen LogP contribution in [-0.4, -0.2) is 12.1 Å². The normalized spacial score (nSPS) is 19.9. The molecule has 4 nitrogen and oxygen atoms in total. The van der Waals surface area contributed by atoms with Crippen molar-refractivity contribution < 1.29 is 18.3 Å². The van der Waals surface area contributed by atoms with E-state index in [0.717, 1.165) is 34.7 Å². The fourth-order valence-electron chi connectivity index (χ4n) is 3.79. The van der Waals surface area contributed by atoms with E-state index in [1.165, 1.54) is 6.07 Å². The molecule has 3 aromatic carbocycles. The lowest BCUT2D eigenvalue weighted by Crippen LogP contribution is -2.43. The van der Waals surface area contributed by atoms with Crippen molar-refractivity contribution in [1.82, 2.24) is 10.4 Å². The maximum Gasteiger partial charge on any atom is 0.196 e. The van der Waals surface area contributed by atoms with Gasteiger partial charge in [-0.1, -0.05) is 17.7 Å². The number of hydrazine groups is 1. The highest BCUT2D eigenvalue weighted by atomic mass is 35.5. The van der Waals surface area contributed by atoms with Crippen molar-refractivity contribution in [2.45, 2.75) is 12.3 Å². The standard InChI is InChI=1S/C23H17ClF2N2O2/c1-29-16-6-2-13(3-7-16)20-12-21-17-11-15(24)5-9-22(17)30-23(28(21)27-20)14-4-8-18(25)19(26)10-14/h2-12,21,23,27H,1H3. The van der Waals surface area contributed by atoms with Gasteiger partial charge in [0, 0.05) is 16.1 Å². The summed E-state index contributed by atoms with van der Waals surface area (Å²) in [6.45, 7) is 0. The second-order valence-electron chi connectivity index (χ2n) is 7.10. The van der Waals surface area contributed by atoms with Gasteiger partial charge in [-0.2, -0.15) is 5.01 Å². The number of hydrogen-bond donors (Lipinski definition) is 1. The molecule has 2 unspecified atom stereocenters. The fourth-order valence-corrected chi connectivity index (χ4v) is 3.97. The Kier molecular flexibility index (Phi) is 4.60. The van der Waals surface area contributed by atoms with E-state index in [0.29, 0.717) is 16.3 Å². The van der Waals surface area contributed by atoms with E-state index in [1.54, 1.807) is 19.2 Å². The summed E-state index contributed by atoms with van der Waals surface area (Å²) in [7, 11) is 1.62. The van der Waals surface area contributed by atoms with E-state index >= 15 is 0 Å². The van der Waals surface area contributed by atoms with Crippen LogP contribution in [0.5, 0.6) is 11.5 Å². The van der Waals surface area contributed by atoms with Crippen LogP contribution < -0.4 is 14.9 Å². The van der Waals surface area contributed by atoms with E-state index < -0.39 is 17.9 Å². The average Bonchev–Trinajstić information content (AvgIpc) is 3.21. The van der Waals surface area contributed by atoms with Crippen LogP contribution in [0.1, 0.15) is 29.0 Å². The topological polar surface area (TPSA) is 33.7 Å². The number of nitrogens with zero attached hydrogens (tertiary/aromatic N) is 1. The van der Waals surface area contributed by atoms with E-state index in [1.807, 2.05) is 35.3 Å². The number of ether oxygens (including phenoxy) is 2. The SMILES string of the molecule is COc1ccc(C2=CC3c4cc(Cl)ccc4OC(c4ccc(F)c(F)c4)N3N2)cc1. The minimum atomic E-state index is -0.919. The first-order valence-corrected chi connectivity index (χ1v) is 9.73. The minimum Gasteiger partial charge on any atom is -0.497 e. The zero-order valence-electron chi connectivity index (χ0n) is 15.9. The molecule has 0 aromatic heterocycles. The molecule has 2 aliphatic heterocycles. The highest BCUT2D eigenvalue weighted by Crippen LogP contribution is 2.46. The Labute approximate surface area is 177 Å². The zero-order valence-corrected chi connectivity index (χ0v) is 16.7. The third kappa shape index (κ3) is 3.18. The second kappa shape index (κ2) is 7.31. The number of methoxy groups -OCH3 is 1. The van der Waals surface area contributed by atoms with Crippen LogP contribution in [0.2, 0.25) is 5.02 Å². The Hall–Kier alpha value is -3.09. The number of fused-ring (bicyclic) bond motifs is 3. The molecule has 0 radical (unpaired) electrons. The van der Waals surface area contributed by atoms with Crippen molar-refractivity contribution in [3.05, 3.63) is 100 Å². The first-order chi connectivity index (χ1) is 14.5. The van der Waals surface area contributed by atoms with Gasteiger partial charge in [-0.25, -0.2) is 8.78 Å². The van der Waals surface area contributed by atoms with Gasteiger partial charge >= 0.3 is 0 Å². The lowest BCUT2D eigenvalue weighted by Gasteiger charge is -2.39. The number of halogens is 3. The molecule has 0 fully saturated rings. The van der Waals surface area contributed by atoms with Crippen LogP contribution in [0.25, 0.3) is 5.70 Å². The Balaban J connectivity index is 1.57. The molecule has 2 atom stereocenters. The minimum absolute atomic E-state index is 0.206. The van der Waals surface area contributed by atoms with Gasteiger partial charge < -0.3 is 14.9 Å². The van der Waals surface area contributed by atoms with Gasteiger partial charge in [0.25, 0.3) is 0 Å². The van der Waals surface area contributed by atoms with E-state index in [2.05, 4.69) is 11.5 Å². The van der Waals surface area contributed by atoms with Crippen LogP contribution in [0.4, 0.5) is 8.78 Å². The molecule has 5 rings (SSSR count). The predicted octanol–water partition coefficient (Wildman–Crippen LogP) is 5.62. The monoisotopic (exact) mass is 426 g/mol. The van der Waals surface area contributed by atoms with Gasteiger partial charge in [0.05, 0.1) is 18.8 Å². The summed E-state index contributed by atoms with van der Waals surface area (Å²) in [6, 6.07) is 16.6. The highest BCUT2D eigenvalue weighted by molar-refractivity contribution is 6.30. The van der Waals surface area contributed by atoms with Crippen LogP contribution >= 0.6 is 11.6 Å². The summed E-state index contributed by atoms with van der Waals surface area (Å²) in [6.07, 6.45) is 1.40. The predicted molar refractivity (Wildman–Crippen MR) is 110 cm³/mol. The first-order valence-electron chi connectivity index (χ1n) is 9.36. The van der Waals surface area contributed by atoms with E-state index in [-0.39, 0.29) is 6.04 Å². The Morgan fingerprint density at radius 3 is 2.53 bits per heavy atom. The highest BCUT2D eigenvalue weighted by Gasteiger charge is 2.40. The number of nitrogens with one attached hydrogen (secondary N) is 1. The Morgan fingerprint density at radius 2 is 1.80 bits per heavy atom. The van der Waals surface area contributed by atoms with E-state index in [4.69, 9.17) is 21.1 Å². The Bertz CT molecular complexity index is 1150. The molecular formula is C23H17ClF2N2O2. The molecule has 2 aliphatic rings. The largest absolute Gasteiger partial charge is 0.497 e. The maximum absolute atomic E-state index is 13.9. The van der Waals surface area contributed by atoms with Crippen LogP contribution in [-0.2, 0) is 0 Å². The zero-order chi connectivity index (χ0) is 20.8. The van der Waals surface area contributed by atoms with Gasteiger partial charge in [-0.3, -0.25) is 0 Å². The smallest absolute Gasteiger partial charge is 0.196 e. The number of rotatable bonds is 3. The average molecular weight is 427 g/mol. The number of hydrogen-bond acceptors (Lipinski definition) is 4. The van der Waals surface area contributed by atoms with Gasteiger partial charge in [0.15, 0.2) is 17.9 Å². The summed E-state index contributed by atoms with van der Waals surface area (Å²) in [5, 5.41) is 2.46. The van der Waals surface area contributed by atoms with E-state index in [9.17, 15) is 8.78 Å². The molecule has 2 heterocycles. The molecule has 0 bridgehead atoms. The van der Waals surface area contributed by atoms with Gasteiger partial charge in [0.2, 0.25) is 0 Å². The molecule has 30 heavy (non-hydrogen) atoms. The lowest BCUT2D eigenvalue weighted by molar-refractivity contribution is -0.0328. The molecule has 0 spiro atoms. The van der Waals surface area contributed by atoms with Crippen LogP contribution in [0.3, 0.4) is 0 Å². The summed E-state index contributed by atoms with van der Waals surface area (Å²) in [5.74, 6) is -0.415. The second-order valence-corrected chi connectivity index (χ2v) is 7.54. The summed E-state index contributed by atoms with van der Waals surface area (Å²) in [4.78, 5) is 0. The lowest BCUT2D eigenvalue weighted by atomic mass is 10.0. The molecule has 0 saturated carbocycles. The summed E-state index contributed by atoms with van der Waals surface area (Å²) < 4.78 is 38.8. The van der Waals surface area contributed by atoms with Crippen molar-refractivity contribution in [3.8, 4) is 11.5 Å². The molecule has 0 saturated heterocycles. The maximum atomic E-state index is 13.9. The first kappa shape index (κ1) is 18.9. The van der Waals surface area contributed by atoms with Crippen molar-refractivity contribution in [1.29, 1.82) is 0 Å². The molecule has 3 aromatic rings. The van der Waals surface area contributed by atoms with Crippen molar-refractivity contribution in [3.63, 3.8) is 0 Å².